The summed E-state index contributed by atoms with van der Waals surface area (Å²) in [4.78, 5) is 0. The molecule has 0 atom stereocenters. The van der Waals surface area contributed by atoms with Gasteiger partial charge in [0.05, 0.1) is 0 Å². The summed E-state index contributed by atoms with van der Waals surface area (Å²) in [6, 6.07) is 0. The SMILES string of the molecule is C=CC.C=CC.C=CC(=C)Br.CC.CC.CC.CC.CC.CCC. The summed E-state index contributed by atoms with van der Waals surface area (Å²) in [7, 11) is 0. The predicted molar refractivity (Wildman–Crippen MR) is 133 cm³/mol. The molecule has 0 fully saturated rings. The minimum absolute atomic E-state index is 0.831. The van der Waals surface area contributed by atoms with E-state index in [2.05, 4.69) is 56.1 Å². The molecule has 0 aliphatic carbocycles. The molecular weight excluding hydrogens is 356 g/mol. The third-order valence-corrected chi connectivity index (χ3v) is 0.545. The first-order valence-electron chi connectivity index (χ1n) is 9.62. The molecule has 0 unspecified atom stereocenters. The van der Waals surface area contributed by atoms with E-state index in [1.54, 1.807) is 18.2 Å². The van der Waals surface area contributed by atoms with Crippen LogP contribution in [0.5, 0.6) is 0 Å². The fraction of sp³-hybridized carbons (Fsp3) is 0.652. The average molecular weight is 412 g/mol. The van der Waals surface area contributed by atoms with Gasteiger partial charge in [-0.25, -0.2) is 0 Å². The first-order valence-corrected chi connectivity index (χ1v) is 10.4. The fourth-order valence-electron chi connectivity index (χ4n) is 0. The molecule has 0 saturated carbocycles. The van der Waals surface area contributed by atoms with Gasteiger partial charge in [-0.1, -0.05) is 137 Å². The van der Waals surface area contributed by atoms with Crippen molar-refractivity contribution in [3.8, 4) is 0 Å². The molecule has 0 amide bonds. The average Bonchev–Trinajstić information content (AvgIpc) is 2.65. The zero-order valence-electron chi connectivity index (χ0n) is 20.1. The fourth-order valence-corrected chi connectivity index (χ4v) is 0. The van der Waals surface area contributed by atoms with E-state index in [1.807, 2.05) is 83.1 Å². The maximum Gasteiger partial charge on any atom is 0.00970 e. The smallest absolute Gasteiger partial charge is 0.00970 e. The van der Waals surface area contributed by atoms with Crippen molar-refractivity contribution in [2.75, 3.05) is 0 Å². The van der Waals surface area contributed by atoms with Crippen molar-refractivity contribution in [3.63, 3.8) is 0 Å². The van der Waals surface area contributed by atoms with Crippen LogP contribution >= 0.6 is 15.9 Å². The highest BCUT2D eigenvalue weighted by atomic mass is 79.9. The van der Waals surface area contributed by atoms with Crippen LogP contribution in [-0.2, 0) is 0 Å². The molecular formula is C23H55Br. The Bertz CT molecular complexity index is 118. The van der Waals surface area contributed by atoms with Crippen LogP contribution in [0.2, 0.25) is 0 Å². The van der Waals surface area contributed by atoms with Crippen LogP contribution in [-0.4, -0.2) is 0 Å². The molecule has 0 saturated heterocycles. The molecule has 0 spiro atoms. The van der Waals surface area contributed by atoms with Crippen molar-refractivity contribution in [1.82, 2.24) is 0 Å². The van der Waals surface area contributed by atoms with Crippen molar-refractivity contribution in [3.05, 3.63) is 49.0 Å². The summed E-state index contributed by atoms with van der Waals surface area (Å²) >= 11 is 3.06. The van der Waals surface area contributed by atoms with Gasteiger partial charge in [0.2, 0.25) is 0 Å². The Kier molecular flexibility index (Phi) is 587. The van der Waals surface area contributed by atoms with Gasteiger partial charge in [0.15, 0.2) is 0 Å². The Morgan fingerprint density at radius 2 is 0.708 bits per heavy atom. The molecule has 154 valence electrons. The Labute approximate surface area is 168 Å². The van der Waals surface area contributed by atoms with Gasteiger partial charge in [-0.15, -0.1) is 13.2 Å². The van der Waals surface area contributed by atoms with Gasteiger partial charge in [-0.05, 0) is 13.8 Å². The lowest BCUT2D eigenvalue weighted by molar-refractivity contribution is 1.09. The number of hydrogen-bond acceptors (Lipinski definition) is 0. The van der Waals surface area contributed by atoms with E-state index in [1.165, 1.54) is 6.42 Å². The lowest BCUT2D eigenvalue weighted by Crippen LogP contribution is -1.41. The molecule has 0 nitrogen and oxygen atoms in total. The monoisotopic (exact) mass is 410 g/mol. The van der Waals surface area contributed by atoms with E-state index in [9.17, 15) is 0 Å². The first-order chi connectivity index (χ1) is 11.5. The highest BCUT2D eigenvalue weighted by molar-refractivity contribution is 9.11. The quantitative estimate of drug-likeness (QED) is 0.297. The van der Waals surface area contributed by atoms with Crippen LogP contribution in [0.4, 0.5) is 0 Å². The molecule has 0 heterocycles. The van der Waals surface area contributed by atoms with E-state index in [0.29, 0.717) is 0 Å². The lowest BCUT2D eigenvalue weighted by atomic mass is 10.6. The van der Waals surface area contributed by atoms with E-state index >= 15 is 0 Å². The highest BCUT2D eigenvalue weighted by Crippen LogP contribution is 1.97. The number of hydrogen-bond donors (Lipinski definition) is 0. The normalized spacial score (nSPS) is 4.46. The minimum Gasteiger partial charge on any atom is -0.103 e. The van der Waals surface area contributed by atoms with Gasteiger partial charge in [0, 0.05) is 4.48 Å². The first kappa shape index (κ1) is 56.6. The van der Waals surface area contributed by atoms with Crippen molar-refractivity contribution in [1.29, 1.82) is 0 Å². The molecule has 0 aliphatic heterocycles. The number of halogens is 1. The van der Waals surface area contributed by atoms with Gasteiger partial charge in [-0.2, -0.15) is 0 Å². The number of rotatable bonds is 1. The van der Waals surface area contributed by atoms with E-state index in [4.69, 9.17) is 0 Å². The third-order valence-electron chi connectivity index (χ3n) is 0.221. The maximum atomic E-state index is 3.47. The Morgan fingerprint density at radius 3 is 0.708 bits per heavy atom. The van der Waals surface area contributed by atoms with E-state index in [-0.39, 0.29) is 0 Å². The van der Waals surface area contributed by atoms with E-state index < -0.39 is 0 Å². The largest absolute Gasteiger partial charge is 0.103 e. The zero-order chi connectivity index (χ0) is 22.4. The van der Waals surface area contributed by atoms with Crippen LogP contribution in [0, 0.1) is 0 Å². The standard InChI is InChI=1S/C4H5Br.C3H8.2C3H6.5C2H6/c1-3-4(2)5;3*1-3-2;5*1-2/h3H,1-2H2;3H2,1-2H3;2*3H,1H2,2H3;5*1-2H3. The highest BCUT2D eigenvalue weighted by Gasteiger charge is 1.62. The van der Waals surface area contributed by atoms with Crippen molar-refractivity contribution in [2.45, 2.75) is 103 Å². The molecule has 0 N–H and O–H groups in total. The van der Waals surface area contributed by atoms with E-state index in [0.717, 1.165) is 4.48 Å². The topological polar surface area (TPSA) is 0 Å². The number of allylic oxidation sites excluding steroid dienone is 4. The molecule has 0 bridgehead atoms. The Hall–Kier alpha value is -0.560. The molecule has 1 heteroatoms. The van der Waals surface area contributed by atoms with Gasteiger partial charge in [-0.3, -0.25) is 0 Å². The summed E-state index contributed by atoms with van der Waals surface area (Å²) in [5, 5.41) is 0. The van der Waals surface area contributed by atoms with Crippen LogP contribution in [0.25, 0.3) is 0 Å². The van der Waals surface area contributed by atoms with Crippen molar-refractivity contribution < 1.29 is 0 Å². The Morgan fingerprint density at radius 1 is 0.667 bits per heavy atom. The van der Waals surface area contributed by atoms with Crippen LogP contribution in [0.1, 0.15) is 103 Å². The molecule has 24 heavy (non-hydrogen) atoms. The molecule has 0 aromatic carbocycles. The lowest BCUT2D eigenvalue weighted by Gasteiger charge is -1.68. The predicted octanol–water partition coefficient (Wildman–Crippen LogP) is 11.0. The maximum absolute atomic E-state index is 3.47. The minimum atomic E-state index is 0.831. The summed E-state index contributed by atoms with van der Waals surface area (Å²) in [5.41, 5.74) is 0. The molecule has 0 radical (unpaired) electrons. The second-order valence-electron chi connectivity index (χ2n) is 2.17. The second kappa shape index (κ2) is 249. The summed E-state index contributed by atoms with van der Waals surface area (Å²) in [5.74, 6) is 0. The van der Waals surface area contributed by atoms with Crippen LogP contribution < -0.4 is 0 Å². The van der Waals surface area contributed by atoms with Gasteiger partial charge < -0.3 is 0 Å². The molecule has 0 aromatic heterocycles. The van der Waals surface area contributed by atoms with Gasteiger partial charge >= 0.3 is 0 Å². The summed E-state index contributed by atoms with van der Waals surface area (Å²) < 4.78 is 0.831. The van der Waals surface area contributed by atoms with Crippen molar-refractivity contribution in [2.24, 2.45) is 0 Å². The molecule has 0 aromatic rings. The third kappa shape index (κ3) is 4320. The summed E-state index contributed by atoms with van der Waals surface area (Å²) in [6.45, 7) is 41.6. The second-order valence-corrected chi connectivity index (χ2v) is 3.19. The van der Waals surface area contributed by atoms with Gasteiger partial charge in [0.1, 0.15) is 0 Å². The van der Waals surface area contributed by atoms with Gasteiger partial charge in [0.25, 0.3) is 0 Å². The van der Waals surface area contributed by atoms with Crippen LogP contribution in [0.3, 0.4) is 0 Å². The Balaban J connectivity index is -0.0000000155. The summed E-state index contributed by atoms with van der Waals surface area (Å²) in [6.07, 6.45) is 6.39. The molecule has 0 aliphatic rings. The zero-order valence-corrected chi connectivity index (χ0v) is 21.7. The molecule has 0 rings (SSSR count). The van der Waals surface area contributed by atoms with Crippen molar-refractivity contribution >= 4 is 15.9 Å². The van der Waals surface area contributed by atoms with Crippen LogP contribution in [0.15, 0.2) is 49.0 Å².